The molecule has 0 aromatic heterocycles. The number of esters is 1. The van der Waals surface area contributed by atoms with Crippen LogP contribution in [0, 0.1) is 0 Å². The molecule has 0 spiro atoms. The van der Waals surface area contributed by atoms with Crippen LogP contribution in [0.1, 0.15) is 10.4 Å². The van der Waals surface area contributed by atoms with Crippen molar-refractivity contribution in [3.05, 3.63) is 28.8 Å². The van der Waals surface area contributed by atoms with Crippen LogP contribution >= 0.6 is 11.6 Å². The Morgan fingerprint density at radius 2 is 2.22 bits per heavy atom. The van der Waals surface area contributed by atoms with Crippen molar-refractivity contribution in [2.45, 2.75) is 0 Å². The lowest BCUT2D eigenvalue weighted by molar-refractivity contribution is 0.0601. The zero-order chi connectivity index (χ0) is 13.3. The van der Waals surface area contributed by atoms with E-state index in [9.17, 15) is 13.2 Å². The van der Waals surface area contributed by atoms with Crippen LogP contribution in [0.25, 0.3) is 0 Å². The van der Waals surface area contributed by atoms with Crippen molar-refractivity contribution < 1.29 is 17.9 Å². The molecule has 0 bridgehead atoms. The Hall–Kier alpha value is -1.31. The average molecular weight is 291 g/mol. The third-order valence-electron chi connectivity index (χ3n) is 2.53. The highest BCUT2D eigenvalue weighted by Crippen LogP contribution is 2.26. The van der Waals surface area contributed by atoms with Crippen LogP contribution in [0.3, 0.4) is 0 Å². The predicted octanol–water partition coefficient (Wildman–Crippen LogP) is 0.781. The molecule has 0 radical (unpaired) electrons. The monoisotopic (exact) mass is 290 g/mol. The minimum atomic E-state index is -3.51. The smallest absolute Gasteiger partial charge is 0.339 e. The van der Waals surface area contributed by atoms with Gasteiger partial charge in [0.2, 0.25) is 0 Å². The van der Waals surface area contributed by atoms with Crippen molar-refractivity contribution in [2.24, 2.45) is 0 Å². The summed E-state index contributed by atoms with van der Waals surface area (Å²) in [6, 6.07) is 4.41. The number of carbonyl (C=O) groups excluding carboxylic acids is 1. The third-order valence-corrected chi connectivity index (χ3v) is 4.40. The molecule has 8 heteroatoms. The third kappa shape index (κ3) is 2.29. The highest BCUT2D eigenvalue weighted by Gasteiger charge is 2.28. The number of methoxy groups -OCH3 is 1. The Morgan fingerprint density at radius 3 is 2.78 bits per heavy atom. The summed E-state index contributed by atoms with van der Waals surface area (Å²) in [7, 11) is -2.28. The topological polar surface area (TPSA) is 75.7 Å². The number of hydrogen-bond donors (Lipinski definition) is 1. The standard InChI is InChI=1S/C10H11ClN2O4S/c1-17-10(14)8-6-7(2-3-9(8)11)13-5-4-12-18(13,15)16/h2-3,6,12H,4-5H2,1H3. The first-order valence-electron chi connectivity index (χ1n) is 5.11. The lowest BCUT2D eigenvalue weighted by atomic mass is 10.2. The van der Waals surface area contributed by atoms with E-state index in [1.165, 1.54) is 23.5 Å². The Bertz CT molecular complexity index is 588. The number of rotatable bonds is 2. The molecule has 1 saturated heterocycles. The number of benzene rings is 1. The van der Waals surface area contributed by atoms with E-state index in [1.54, 1.807) is 6.07 Å². The number of ether oxygens (including phenoxy) is 1. The molecule has 1 aromatic rings. The second kappa shape index (κ2) is 4.75. The molecule has 18 heavy (non-hydrogen) atoms. The van der Waals surface area contributed by atoms with Crippen LogP contribution in [0.4, 0.5) is 5.69 Å². The molecule has 98 valence electrons. The highest BCUT2D eigenvalue weighted by atomic mass is 35.5. The van der Waals surface area contributed by atoms with E-state index in [0.29, 0.717) is 18.8 Å². The molecule has 0 amide bonds. The Labute approximate surface area is 110 Å². The summed E-state index contributed by atoms with van der Waals surface area (Å²) in [5.41, 5.74) is 0.517. The number of nitrogens with one attached hydrogen (secondary N) is 1. The van der Waals surface area contributed by atoms with Gasteiger partial charge in [-0.3, -0.25) is 4.31 Å². The Balaban J connectivity index is 2.45. The number of carbonyl (C=O) groups is 1. The van der Waals surface area contributed by atoms with Gasteiger partial charge in [-0.1, -0.05) is 11.6 Å². The van der Waals surface area contributed by atoms with Gasteiger partial charge in [-0.15, -0.1) is 0 Å². The zero-order valence-electron chi connectivity index (χ0n) is 9.51. The summed E-state index contributed by atoms with van der Waals surface area (Å²) < 4.78 is 31.5. The lowest BCUT2D eigenvalue weighted by Crippen LogP contribution is -2.29. The SMILES string of the molecule is COC(=O)c1cc(N2CCNS2(=O)=O)ccc1Cl. The largest absolute Gasteiger partial charge is 0.465 e. The van der Waals surface area contributed by atoms with Crippen LogP contribution in [0.5, 0.6) is 0 Å². The molecule has 0 saturated carbocycles. The van der Waals surface area contributed by atoms with Crippen molar-refractivity contribution in [3.63, 3.8) is 0 Å². The minimum Gasteiger partial charge on any atom is -0.465 e. The highest BCUT2D eigenvalue weighted by molar-refractivity contribution is 7.91. The lowest BCUT2D eigenvalue weighted by Gasteiger charge is -2.16. The van der Waals surface area contributed by atoms with Gasteiger partial charge in [0.1, 0.15) is 0 Å². The average Bonchev–Trinajstić information content (AvgIpc) is 2.69. The van der Waals surface area contributed by atoms with Gasteiger partial charge in [0.15, 0.2) is 0 Å². The number of nitrogens with zero attached hydrogens (tertiary/aromatic N) is 1. The minimum absolute atomic E-state index is 0.138. The molecule has 1 aliphatic heterocycles. The first-order valence-corrected chi connectivity index (χ1v) is 6.92. The molecule has 6 nitrogen and oxygen atoms in total. The number of hydrogen-bond acceptors (Lipinski definition) is 4. The number of halogens is 1. The first kappa shape index (κ1) is 13.1. The van der Waals surface area contributed by atoms with E-state index in [4.69, 9.17) is 11.6 Å². The van der Waals surface area contributed by atoms with Crippen molar-refractivity contribution >= 4 is 33.5 Å². The fourth-order valence-corrected chi connectivity index (χ4v) is 3.10. The van der Waals surface area contributed by atoms with Crippen molar-refractivity contribution in [1.29, 1.82) is 0 Å². The van der Waals surface area contributed by atoms with Gasteiger partial charge in [-0.2, -0.15) is 13.1 Å². The molecular formula is C10H11ClN2O4S. The molecule has 0 atom stereocenters. The van der Waals surface area contributed by atoms with E-state index in [0.717, 1.165) is 0 Å². The van der Waals surface area contributed by atoms with E-state index in [-0.39, 0.29) is 10.6 Å². The van der Waals surface area contributed by atoms with Gasteiger partial charge in [-0.05, 0) is 18.2 Å². The Morgan fingerprint density at radius 1 is 1.50 bits per heavy atom. The van der Waals surface area contributed by atoms with Gasteiger partial charge < -0.3 is 4.74 Å². The molecular weight excluding hydrogens is 280 g/mol. The molecule has 1 aromatic carbocycles. The molecule has 0 aliphatic carbocycles. The zero-order valence-corrected chi connectivity index (χ0v) is 11.1. The second-order valence-corrected chi connectivity index (χ2v) is 5.71. The van der Waals surface area contributed by atoms with Gasteiger partial charge in [-0.25, -0.2) is 4.79 Å². The summed E-state index contributed by atoms with van der Waals surface area (Å²) >= 11 is 5.86. The van der Waals surface area contributed by atoms with Crippen molar-refractivity contribution in [1.82, 2.24) is 4.72 Å². The van der Waals surface area contributed by atoms with Gasteiger partial charge in [0.25, 0.3) is 0 Å². The predicted molar refractivity (Wildman–Crippen MR) is 67.1 cm³/mol. The second-order valence-electron chi connectivity index (χ2n) is 3.63. The first-order chi connectivity index (χ1) is 8.45. The van der Waals surface area contributed by atoms with Gasteiger partial charge in [0, 0.05) is 13.1 Å². The van der Waals surface area contributed by atoms with E-state index < -0.39 is 16.2 Å². The fourth-order valence-electron chi connectivity index (χ4n) is 1.68. The molecule has 1 heterocycles. The fraction of sp³-hybridized carbons (Fsp3) is 0.300. The van der Waals surface area contributed by atoms with Crippen LogP contribution in [-0.2, 0) is 14.9 Å². The summed E-state index contributed by atoms with van der Waals surface area (Å²) in [6.07, 6.45) is 0. The van der Waals surface area contributed by atoms with Crippen LogP contribution < -0.4 is 9.03 Å². The molecule has 1 N–H and O–H groups in total. The van der Waals surface area contributed by atoms with Gasteiger partial charge >= 0.3 is 16.2 Å². The maximum absolute atomic E-state index is 11.7. The molecule has 1 fully saturated rings. The van der Waals surface area contributed by atoms with Crippen LogP contribution in [0.15, 0.2) is 18.2 Å². The molecule has 0 unspecified atom stereocenters. The van der Waals surface area contributed by atoms with Crippen molar-refractivity contribution in [3.8, 4) is 0 Å². The quantitative estimate of drug-likeness (QED) is 0.817. The van der Waals surface area contributed by atoms with Crippen LogP contribution in [-0.4, -0.2) is 34.6 Å². The number of anilines is 1. The normalized spacial score (nSPS) is 17.8. The van der Waals surface area contributed by atoms with E-state index >= 15 is 0 Å². The van der Waals surface area contributed by atoms with Crippen LogP contribution in [0.2, 0.25) is 5.02 Å². The van der Waals surface area contributed by atoms with E-state index in [2.05, 4.69) is 9.46 Å². The molecule has 2 rings (SSSR count). The summed E-state index contributed by atoms with van der Waals surface area (Å²) in [4.78, 5) is 11.5. The summed E-state index contributed by atoms with van der Waals surface area (Å²) in [5.74, 6) is -0.605. The van der Waals surface area contributed by atoms with Gasteiger partial charge in [0.05, 0.1) is 23.4 Å². The summed E-state index contributed by atoms with van der Waals surface area (Å²) in [5, 5.41) is 0.218. The maximum Gasteiger partial charge on any atom is 0.339 e. The molecule has 1 aliphatic rings. The van der Waals surface area contributed by atoms with E-state index in [1.807, 2.05) is 0 Å². The van der Waals surface area contributed by atoms with Crippen molar-refractivity contribution in [2.75, 3.05) is 24.5 Å². The maximum atomic E-state index is 11.7. The summed E-state index contributed by atoms with van der Waals surface area (Å²) in [6.45, 7) is 0.642. The Kier molecular flexibility index (Phi) is 3.47.